The van der Waals surface area contributed by atoms with Crippen LogP contribution in [-0.4, -0.2) is 43.3 Å². The Bertz CT molecular complexity index is 192. The molecule has 3 nitrogen and oxygen atoms in total. The molecule has 0 aromatic heterocycles. The van der Waals surface area contributed by atoms with Crippen molar-refractivity contribution >= 4 is 0 Å². The molecule has 0 aromatic rings. The van der Waals surface area contributed by atoms with E-state index in [-0.39, 0.29) is 12.1 Å². The number of rotatable bonds is 4. The molecule has 0 bridgehead atoms. The van der Waals surface area contributed by atoms with E-state index in [4.69, 9.17) is 10.5 Å². The van der Waals surface area contributed by atoms with E-state index in [0.29, 0.717) is 0 Å². The van der Waals surface area contributed by atoms with Crippen molar-refractivity contribution in [1.29, 1.82) is 0 Å². The van der Waals surface area contributed by atoms with E-state index in [9.17, 15) is 0 Å². The molecule has 1 saturated heterocycles. The predicted octanol–water partition coefficient (Wildman–Crippen LogP) is 1.00. The Labute approximate surface area is 86.9 Å². The molecule has 1 fully saturated rings. The van der Waals surface area contributed by atoms with Crippen molar-refractivity contribution in [2.24, 2.45) is 5.73 Å². The largest absolute Gasteiger partial charge is 0.374 e. The molecule has 0 aliphatic carbocycles. The van der Waals surface area contributed by atoms with Crippen molar-refractivity contribution < 1.29 is 4.74 Å². The molecule has 3 heteroatoms. The van der Waals surface area contributed by atoms with Gasteiger partial charge in [-0.25, -0.2) is 0 Å². The summed E-state index contributed by atoms with van der Waals surface area (Å²) in [6.45, 7) is 12.0. The minimum atomic E-state index is -0.0188. The molecule has 0 radical (unpaired) electrons. The van der Waals surface area contributed by atoms with Crippen LogP contribution in [0.3, 0.4) is 0 Å². The quantitative estimate of drug-likeness (QED) is 0.685. The summed E-state index contributed by atoms with van der Waals surface area (Å²) in [6, 6.07) is -0.0188. The fraction of sp³-hybridized carbons (Fsp3) is 0.818. The third-order valence-corrected chi connectivity index (χ3v) is 2.69. The fourth-order valence-corrected chi connectivity index (χ4v) is 1.79. The zero-order valence-electron chi connectivity index (χ0n) is 9.33. The number of ether oxygens (including phenoxy) is 1. The van der Waals surface area contributed by atoms with Crippen LogP contribution in [0.1, 0.15) is 20.3 Å². The normalized spacial score (nSPS) is 26.1. The monoisotopic (exact) mass is 198 g/mol. The third kappa shape index (κ3) is 3.08. The van der Waals surface area contributed by atoms with Gasteiger partial charge in [0.1, 0.15) is 0 Å². The summed E-state index contributed by atoms with van der Waals surface area (Å²) in [7, 11) is 0. The second-order valence-electron chi connectivity index (χ2n) is 4.08. The molecule has 2 unspecified atom stereocenters. The lowest BCUT2D eigenvalue weighted by Gasteiger charge is -2.35. The molecule has 2 N–H and O–H groups in total. The Kier molecular flexibility index (Phi) is 4.58. The first-order valence-corrected chi connectivity index (χ1v) is 5.40. The van der Waals surface area contributed by atoms with Crippen LogP contribution in [0, 0.1) is 0 Å². The fourth-order valence-electron chi connectivity index (χ4n) is 1.79. The number of nitrogens with zero attached hydrogens (tertiary/aromatic N) is 1. The molecule has 82 valence electrons. The SMILES string of the molecule is C=C(C)C(N)C1CN(CCC)CCO1. The molecule has 1 heterocycles. The molecular formula is C11H22N2O. The van der Waals surface area contributed by atoms with E-state index in [1.807, 2.05) is 6.92 Å². The molecule has 0 amide bonds. The van der Waals surface area contributed by atoms with Crippen molar-refractivity contribution in [3.63, 3.8) is 0 Å². The van der Waals surface area contributed by atoms with Gasteiger partial charge in [0.2, 0.25) is 0 Å². The molecule has 2 atom stereocenters. The van der Waals surface area contributed by atoms with Crippen LogP contribution in [0.25, 0.3) is 0 Å². The second kappa shape index (κ2) is 5.49. The van der Waals surface area contributed by atoms with E-state index in [1.54, 1.807) is 0 Å². The van der Waals surface area contributed by atoms with Gasteiger partial charge in [-0.1, -0.05) is 19.1 Å². The van der Waals surface area contributed by atoms with Crippen LogP contribution < -0.4 is 5.73 Å². The van der Waals surface area contributed by atoms with Gasteiger partial charge in [0.05, 0.1) is 18.8 Å². The first-order valence-electron chi connectivity index (χ1n) is 5.40. The first-order chi connectivity index (χ1) is 6.65. The van der Waals surface area contributed by atoms with Crippen LogP contribution in [0.5, 0.6) is 0 Å². The van der Waals surface area contributed by atoms with Gasteiger partial charge in [-0.15, -0.1) is 0 Å². The minimum Gasteiger partial charge on any atom is -0.374 e. The van der Waals surface area contributed by atoms with E-state index in [2.05, 4.69) is 18.4 Å². The average Bonchev–Trinajstić information content (AvgIpc) is 2.17. The Morgan fingerprint density at radius 1 is 1.71 bits per heavy atom. The van der Waals surface area contributed by atoms with Gasteiger partial charge in [0.15, 0.2) is 0 Å². The minimum absolute atomic E-state index is 0.0188. The second-order valence-corrected chi connectivity index (χ2v) is 4.08. The summed E-state index contributed by atoms with van der Waals surface area (Å²) in [5.74, 6) is 0. The molecular weight excluding hydrogens is 176 g/mol. The van der Waals surface area contributed by atoms with Crippen molar-refractivity contribution in [2.45, 2.75) is 32.4 Å². The highest BCUT2D eigenvalue weighted by atomic mass is 16.5. The van der Waals surface area contributed by atoms with Gasteiger partial charge in [-0.2, -0.15) is 0 Å². The maximum Gasteiger partial charge on any atom is 0.0891 e. The van der Waals surface area contributed by atoms with Gasteiger partial charge in [0.25, 0.3) is 0 Å². The standard InChI is InChI=1S/C11H22N2O/c1-4-5-13-6-7-14-10(8-13)11(12)9(2)3/h10-11H,2,4-8,12H2,1,3H3. The van der Waals surface area contributed by atoms with E-state index < -0.39 is 0 Å². The van der Waals surface area contributed by atoms with Crippen LogP contribution in [0.4, 0.5) is 0 Å². The Hall–Kier alpha value is -0.380. The van der Waals surface area contributed by atoms with E-state index >= 15 is 0 Å². The van der Waals surface area contributed by atoms with Crippen molar-refractivity contribution in [1.82, 2.24) is 4.90 Å². The van der Waals surface area contributed by atoms with Crippen LogP contribution in [-0.2, 0) is 4.74 Å². The van der Waals surface area contributed by atoms with E-state index in [0.717, 1.165) is 31.8 Å². The predicted molar refractivity (Wildman–Crippen MR) is 59.3 cm³/mol. The van der Waals surface area contributed by atoms with Crippen molar-refractivity contribution in [2.75, 3.05) is 26.2 Å². The maximum atomic E-state index is 6.00. The number of morpholine rings is 1. The molecule has 0 spiro atoms. The maximum absolute atomic E-state index is 6.00. The summed E-state index contributed by atoms with van der Waals surface area (Å²) >= 11 is 0. The van der Waals surface area contributed by atoms with Crippen LogP contribution in [0.2, 0.25) is 0 Å². The number of hydrogen-bond acceptors (Lipinski definition) is 3. The van der Waals surface area contributed by atoms with Gasteiger partial charge < -0.3 is 10.5 Å². The Balaban J connectivity index is 2.43. The molecule has 14 heavy (non-hydrogen) atoms. The molecule has 0 aromatic carbocycles. The van der Waals surface area contributed by atoms with Gasteiger partial charge in [-0.05, 0) is 19.9 Å². The zero-order chi connectivity index (χ0) is 10.6. The number of hydrogen-bond donors (Lipinski definition) is 1. The van der Waals surface area contributed by atoms with Crippen LogP contribution >= 0.6 is 0 Å². The summed E-state index contributed by atoms with van der Waals surface area (Å²) in [5, 5.41) is 0. The van der Waals surface area contributed by atoms with Crippen molar-refractivity contribution in [3.05, 3.63) is 12.2 Å². The number of nitrogens with two attached hydrogens (primary N) is 1. The molecule has 1 rings (SSSR count). The van der Waals surface area contributed by atoms with Gasteiger partial charge >= 0.3 is 0 Å². The lowest BCUT2D eigenvalue weighted by molar-refractivity contribution is -0.0348. The first kappa shape index (κ1) is 11.7. The summed E-state index contributed by atoms with van der Waals surface area (Å²) in [6.07, 6.45) is 1.32. The highest BCUT2D eigenvalue weighted by Gasteiger charge is 2.25. The Morgan fingerprint density at radius 3 is 3.00 bits per heavy atom. The highest BCUT2D eigenvalue weighted by molar-refractivity contribution is 5.04. The molecule has 1 aliphatic rings. The van der Waals surface area contributed by atoms with Gasteiger partial charge in [0, 0.05) is 13.1 Å². The molecule has 1 aliphatic heterocycles. The summed E-state index contributed by atoms with van der Waals surface area (Å²) in [4.78, 5) is 2.41. The average molecular weight is 198 g/mol. The Morgan fingerprint density at radius 2 is 2.43 bits per heavy atom. The van der Waals surface area contributed by atoms with Crippen LogP contribution in [0.15, 0.2) is 12.2 Å². The highest BCUT2D eigenvalue weighted by Crippen LogP contribution is 2.12. The topological polar surface area (TPSA) is 38.5 Å². The molecule has 0 saturated carbocycles. The van der Waals surface area contributed by atoms with Gasteiger partial charge in [-0.3, -0.25) is 4.90 Å². The lowest BCUT2D eigenvalue weighted by atomic mass is 10.0. The lowest BCUT2D eigenvalue weighted by Crippen LogP contribution is -2.51. The smallest absolute Gasteiger partial charge is 0.0891 e. The zero-order valence-corrected chi connectivity index (χ0v) is 9.33. The van der Waals surface area contributed by atoms with E-state index in [1.165, 1.54) is 6.42 Å². The van der Waals surface area contributed by atoms with Crippen molar-refractivity contribution in [3.8, 4) is 0 Å². The summed E-state index contributed by atoms with van der Waals surface area (Å²) < 4.78 is 5.65. The third-order valence-electron chi connectivity index (χ3n) is 2.69. The summed E-state index contributed by atoms with van der Waals surface area (Å²) in [5.41, 5.74) is 7.01.